The maximum Gasteiger partial charge on any atom is 0.244 e. The molecule has 26 heavy (non-hydrogen) atoms. The molecule has 2 fully saturated rings. The molecule has 1 saturated heterocycles. The first kappa shape index (κ1) is 16.5. The van der Waals surface area contributed by atoms with Gasteiger partial charge in [-0.1, -0.05) is 36.4 Å². The van der Waals surface area contributed by atoms with Crippen LogP contribution in [0.3, 0.4) is 0 Å². The maximum atomic E-state index is 12.4. The fourth-order valence-electron chi connectivity index (χ4n) is 3.63. The number of hydrogen-bond acceptors (Lipinski definition) is 3. The van der Waals surface area contributed by atoms with Gasteiger partial charge in [0.1, 0.15) is 0 Å². The van der Waals surface area contributed by atoms with E-state index in [0.717, 1.165) is 12.0 Å². The maximum absolute atomic E-state index is 12.4. The average molecular weight is 347 g/mol. The van der Waals surface area contributed by atoms with E-state index in [0.29, 0.717) is 18.9 Å². The number of hydrogen-bond donors (Lipinski definition) is 1. The first-order valence-corrected chi connectivity index (χ1v) is 8.94. The zero-order valence-electron chi connectivity index (χ0n) is 14.4. The molecule has 4 rings (SSSR count). The zero-order valence-corrected chi connectivity index (χ0v) is 14.4. The first-order valence-electron chi connectivity index (χ1n) is 8.94. The third kappa shape index (κ3) is 3.67. The number of pyridine rings is 1. The topological polar surface area (TPSA) is 62.3 Å². The number of nitrogens with zero attached hydrogens (tertiary/aromatic N) is 2. The average Bonchev–Trinajstić information content (AvgIpc) is 3.38. The highest BCUT2D eigenvalue weighted by molar-refractivity contribution is 5.92. The van der Waals surface area contributed by atoms with Gasteiger partial charge in [-0.15, -0.1) is 0 Å². The summed E-state index contributed by atoms with van der Waals surface area (Å²) in [5.74, 6) is 0.388. The summed E-state index contributed by atoms with van der Waals surface area (Å²) in [6.45, 7) is 0.597. The van der Waals surface area contributed by atoms with Crippen LogP contribution in [-0.4, -0.2) is 40.3 Å². The number of nitrogens with one attached hydrogen (secondary N) is 1. The molecule has 0 radical (unpaired) electrons. The Labute approximate surface area is 152 Å². The summed E-state index contributed by atoms with van der Waals surface area (Å²) in [5.41, 5.74) is 2.16. The van der Waals surface area contributed by atoms with Crippen LogP contribution < -0.4 is 5.32 Å². The minimum Gasteiger partial charge on any atom is -0.348 e. The fraction of sp³-hybridized carbons (Fsp3) is 0.286. The van der Waals surface area contributed by atoms with Crippen molar-refractivity contribution in [1.29, 1.82) is 0 Å². The van der Waals surface area contributed by atoms with Gasteiger partial charge in [-0.3, -0.25) is 14.6 Å². The standard InChI is InChI=1S/C21H21N3O2/c25-20(9-8-15-5-4-10-22-13-15)23-17-11-21(26)24(14-17)19-12-18(19)16-6-2-1-3-7-16/h1-10,13,17-19H,11-12,14H2,(H,23,25)/b9-8+/t17-,18+,19-/m1/s1. The van der Waals surface area contributed by atoms with Gasteiger partial charge in [-0.2, -0.15) is 0 Å². The molecule has 2 heterocycles. The molecule has 5 heteroatoms. The van der Waals surface area contributed by atoms with Crippen LogP contribution in [0.2, 0.25) is 0 Å². The highest BCUT2D eigenvalue weighted by atomic mass is 16.2. The summed E-state index contributed by atoms with van der Waals surface area (Å²) in [6, 6.07) is 14.2. The van der Waals surface area contributed by atoms with E-state index < -0.39 is 0 Å². The number of benzene rings is 1. The molecule has 1 aromatic heterocycles. The molecule has 2 aliphatic rings. The van der Waals surface area contributed by atoms with Gasteiger partial charge in [0.2, 0.25) is 11.8 Å². The highest BCUT2D eigenvalue weighted by Gasteiger charge is 2.47. The summed E-state index contributed by atoms with van der Waals surface area (Å²) in [4.78, 5) is 30.4. The van der Waals surface area contributed by atoms with E-state index >= 15 is 0 Å². The summed E-state index contributed by atoms with van der Waals surface area (Å²) < 4.78 is 0. The van der Waals surface area contributed by atoms with Crippen molar-refractivity contribution in [3.63, 3.8) is 0 Å². The van der Waals surface area contributed by atoms with E-state index in [4.69, 9.17) is 0 Å². The molecule has 132 valence electrons. The van der Waals surface area contributed by atoms with Crippen molar-refractivity contribution < 1.29 is 9.59 Å². The fourth-order valence-corrected chi connectivity index (χ4v) is 3.63. The van der Waals surface area contributed by atoms with Gasteiger partial charge in [0.05, 0.1) is 6.04 Å². The minimum atomic E-state index is -0.177. The number of carbonyl (C=O) groups excluding carboxylic acids is 2. The minimum absolute atomic E-state index is 0.120. The van der Waals surface area contributed by atoms with Crippen LogP contribution in [0.4, 0.5) is 0 Å². The smallest absolute Gasteiger partial charge is 0.244 e. The van der Waals surface area contributed by atoms with Gasteiger partial charge in [-0.05, 0) is 29.7 Å². The number of aromatic nitrogens is 1. The van der Waals surface area contributed by atoms with Crippen LogP contribution in [-0.2, 0) is 9.59 Å². The lowest BCUT2D eigenvalue weighted by Gasteiger charge is -2.17. The molecule has 2 amide bonds. The Bertz CT molecular complexity index is 820. The van der Waals surface area contributed by atoms with Crippen LogP contribution in [0.5, 0.6) is 0 Å². The van der Waals surface area contributed by atoms with Crippen molar-refractivity contribution in [2.45, 2.75) is 30.8 Å². The van der Waals surface area contributed by atoms with Crippen molar-refractivity contribution in [3.8, 4) is 0 Å². The lowest BCUT2D eigenvalue weighted by atomic mass is 10.1. The van der Waals surface area contributed by atoms with E-state index in [-0.39, 0.29) is 23.9 Å². The summed E-state index contributed by atoms with van der Waals surface area (Å²) in [7, 11) is 0. The van der Waals surface area contributed by atoms with Gasteiger partial charge >= 0.3 is 0 Å². The van der Waals surface area contributed by atoms with E-state index in [1.54, 1.807) is 18.5 Å². The Morgan fingerprint density at radius 1 is 1.19 bits per heavy atom. The molecule has 1 aromatic carbocycles. The van der Waals surface area contributed by atoms with E-state index in [1.807, 2.05) is 35.2 Å². The summed E-state index contributed by atoms with van der Waals surface area (Å²) in [6.07, 6.45) is 8.00. The molecule has 1 saturated carbocycles. The van der Waals surface area contributed by atoms with Gasteiger partial charge in [0, 0.05) is 43.4 Å². The predicted octanol–water partition coefficient (Wildman–Crippen LogP) is 2.37. The summed E-state index contributed by atoms with van der Waals surface area (Å²) >= 11 is 0. The molecule has 0 spiro atoms. The van der Waals surface area contributed by atoms with Gasteiger partial charge in [0.25, 0.3) is 0 Å². The first-order chi connectivity index (χ1) is 12.7. The van der Waals surface area contributed by atoms with Gasteiger partial charge in [0.15, 0.2) is 0 Å². The van der Waals surface area contributed by atoms with E-state index in [2.05, 4.69) is 22.4 Å². The lowest BCUT2D eigenvalue weighted by Crippen LogP contribution is -2.37. The molecule has 1 N–H and O–H groups in total. The van der Waals surface area contributed by atoms with Crippen molar-refractivity contribution in [3.05, 3.63) is 72.1 Å². The number of likely N-dealkylation sites (tertiary alicyclic amines) is 1. The normalized spacial score (nSPS) is 24.8. The number of amides is 2. The van der Waals surface area contributed by atoms with Crippen molar-refractivity contribution >= 4 is 17.9 Å². The van der Waals surface area contributed by atoms with Crippen LogP contribution in [0.15, 0.2) is 60.9 Å². The zero-order chi connectivity index (χ0) is 17.9. The third-order valence-corrected chi connectivity index (χ3v) is 5.00. The van der Waals surface area contributed by atoms with Crippen molar-refractivity contribution in [2.75, 3.05) is 6.54 Å². The molecule has 0 unspecified atom stereocenters. The molecule has 5 nitrogen and oxygen atoms in total. The summed E-state index contributed by atoms with van der Waals surface area (Å²) in [5, 5.41) is 2.94. The predicted molar refractivity (Wildman–Crippen MR) is 99.1 cm³/mol. The van der Waals surface area contributed by atoms with Crippen LogP contribution in [0.1, 0.15) is 29.9 Å². The molecule has 0 bridgehead atoms. The molecule has 2 aromatic rings. The van der Waals surface area contributed by atoms with Gasteiger partial charge in [-0.25, -0.2) is 0 Å². The molecular formula is C21H21N3O2. The Hall–Kier alpha value is -2.95. The molecule has 1 aliphatic heterocycles. The van der Waals surface area contributed by atoms with Crippen molar-refractivity contribution in [1.82, 2.24) is 15.2 Å². The van der Waals surface area contributed by atoms with Crippen molar-refractivity contribution in [2.24, 2.45) is 0 Å². The SMILES string of the molecule is O=C(/C=C/c1cccnc1)N[C@@H]1CC(=O)N([C@@H]2C[C@H]2c2ccccc2)C1. The molecule has 1 aliphatic carbocycles. The quantitative estimate of drug-likeness (QED) is 0.845. The Morgan fingerprint density at radius 3 is 2.81 bits per heavy atom. The highest BCUT2D eigenvalue weighted by Crippen LogP contribution is 2.45. The number of rotatable bonds is 5. The second-order valence-corrected chi connectivity index (χ2v) is 6.90. The largest absolute Gasteiger partial charge is 0.348 e. The molecular weight excluding hydrogens is 326 g/mol. The lowest BCUT2D eigenvalue weighted by molar-refractivity contribution is -0.128. The van der Waals surface area contributed by atoms with Crippen LogP contribution in [0, 0.1) is 0 Å². The van der Waals surface area contributed by atoms with Crippen LogP contribution in [0.25, 0.3) is 6.08 Å². The Kier molecular flexibility index (Phi) is 4.52. The van der Waals surface area contributed by atoms with Gasteiger partial charge < -0.3 is 10.2 Å². The Morgan fingerprint density at radius 2 is 2.04 bits per heavy atom. The second kappa shape index (κ2) is 7.12. The third-order valence-electron chi connectivity index (χ3n) is 5.00. The van der Waals surface area contributed by atoms with Crippen LogP contribution >= 0.6 is 0 Å². The van der Waals surface area contributed by atoms with E-state index in [1.165, 1.54) is 11.6 Å². The number of carbonyl (C=O) groups is 2. The molecule has 3 atom stereocenters. The second-order valence-electron chi connectivity index (χ2n) is 6.90. The van der Waals surface area contributed by atoms with E-state index in [9.17, 15) is 9.59 Å². The Balaban J connectivity index is 1.31. The monoisotopic (exact) mass is 347 g/mol.